The molecule has 0 aliphatic heterocycles. The highest BCUT2D eigenvalue weighted by Crippen LogP contribution is 2.31. The summed E-state index contributed by atoms with van der Waals surface area (Å²) in [5, 5.41) is 3.29. The molecule has 0 saturated carbocycles. The maximum Gasteiger partial charge on any atom is 0.264 e. The first-order valence-corrected chi connectivity index (χ1v) is 14.2. The van der Waals surface area contributed by atoms with Crippen molar-refractivity contribution >= 4 is 50.7 Å². The van der Waals surface area contributed by atoms with Crippen molar-refractivity contribution in [2.75, 3.05) is 10.8 Å². The molecule has 1 atom stereocenters. The largest absolute Gasteiger partial charge is 0.350 e. The Balaban J connectivity index is 2.04. The highest BCUT2D eigenvalue weighted by Gasteiger charge is 2.33. The van der Waals surface area contributed by atoms with Crippen LogP contribution in [0.25, 0.3) is 0 Å². The van der Waals surface area contributed by atoms with Gasteiger partial charge in [-0.25, -0.2) is 8.42 Å². The second-order valence-electron chi connectivity index (χ2n) is 9.85. The number of nitrogens with zero attached hydrogens (tertiary/aromatic N) is 2. The molecule has 0 bridgehead atoms. The maximum atomic E-state index is 13.9. The Labute approximate surface area is 234 Å². The number of anilines is 1. The number of amides is 2. The molecule has 2 amide bonds. The van der Waals surface area contributed by atoms with E-state index in [9.17, 15) is 18.0 Å². The summed E-state index contributed by atoms with van der Waals surface area (Å²) < 4.78 is 28.5. The monoisotopic (exact) mass is 575 g/mol. The van der Waals surface area contributed by atoms with Gasteiger partial charge in [0.05, 0.1) is 20.6 Å². The molecule has 1 unspecified atom stereocenters. The van der Waals surface area contributed by atoms with Gasteiger partial charge in [-0.15, -0.1) is 0 Å². The van der Waals surface area contributed by atoms with E-state index in [0.717, 1.165) is 9.87 Å². The van der Waals surface area contributed by atoms with Crippen LogP contribution in [-0.2, 0) is 26.2 Å². The maximum absolute atomic E-state index is 13.9. The van der Waals surface area contributed by atoms with Crippen LogP contribution in [0.15, 0.2) is 83.8 Å². The van der Waals surface area contributed by atoms with Crippen LogP contribution in [0.1, 0.15) is 33.3 Å². The fourth-order valence-electron chi connectivity index (χ4n) is 3.73. The zero-order chi connectivity index (χ0) is 28.1. The van der Waals surface area contributed by atoms with E-state index in [1.807, 2.05) is 51.1 Å². The number of hydrogen-bond donors (Lipinski definition) is 1. The third-order valence-electron chi connectivity index (χ3n) is 5.66. The zero-order valence-corrected chi connectivity index (χ0v) is 24.0. The van der Waals surface area contributed by atoms with Gasteiger partial charge in [-0.3, -0.25) is 13.9 Å². The van der Waals surface area contributed by atoms with Gasteiger partial charge < -0.3 is 10.2 Å². The first-order valence-electron chi connectivity index (χ1n) is 12.0. The molecule has 202 valence electrons. The lowest BCUT2D eigenvalue weighted by atomic mass is 10.1. The van der Waals surface area contributed by atoms with Crippen molar-refractivity contribution in [2.45, 2.75) is 50.7 Å². The first-order chi connectivity index (χ1) is 17.8. The van der Waals surface area contributed by atoms with E-state index in [4.69, 9.17) is 23.2 Å². The molecule has 0 heterocycles. The van der Waals surface area contributed by atoms with E-state index in [-0.39, 0.29) is 33.1 Å². The molecule has 3 rings (SSSR count). The van der Waals surface area contributed by atoms with E-state index in [0.29, 0.717) is 0 Å². The second kappa shape index (κ2) is 12.2. The molecule has 0 spiro atoms. The number of sulfonamides is 1. The van der Waals surface area contributed by atoms with Crippen LogP contribution in [-0.4, -0.2) is 43.3 Å². The fourth-order valence-corrected chi connectivity index (χ4v) is 5.44. The predicted octanol–water partition coefficient (Wildman–Crippen LogP) is 5.52. The van der Waals surface area contributed by atoms with Crippen molar-refractivity contribution in [1.29, 1.82) is 0 Å². The Kier molecular flexibility index (Phi) is 9.46. The molecule has 1 N–H and O–H groups in total. The van der Waals surface area contributed by atoms with E-state index in [1.54, 1.807) is 25.1 Å². The smallest absolute Gasteiger partial charge is 0.264 e. The summed E-state index contributed by atoms with van der Waals surface area (Å²) >= 11 is 12.3. The molecule has 3 aromatic carbocycles. The molecule has 10 heteroatoms. The van der Waals surface area contributed by atoms with E-state index in [2.05, 4.69) is 5.32 Å². The average Bonchev–Trinajstić information content (AvgIpc) is 2.87. The van der Waals surface area contributed by atoms with Crippen LogP contribution in [0.3, 0.4) is 0 Å². The Morgan fingerprint density at radius 3 is 2.03 bits per heavy atom. The van der Waals surface area contributed by atoms with Crippen LogP contribution in [0.2, 0.25) is 10.0 Å². The van der Waals surface area contributed by atoms with Crippen LogP contribution in [0.5, 0.6) is 0 Å². The van der Waals surface area contributed by atoms with Gasteiger partial charge in [0.25, 0.3) is 10.0 Å². The quantitative estimate of drug-likeness (QED) is 0.364. The molecule has 0 aliphatic rings. The van der Waals surface area contributed by atoms with Crippen molar-refractivity contribution in [3.05, 3.63) is 94.5 Å². The lowest BCUT2D eigenvalue weighted by molar-refractivity contribution is -0.140. The number of hydrogen-bond acceptors (Lipinski definition) is 4. The van der Waals surface area contributed by atoms with Crippen molar-refractivity contribution in [3.63, 3.8) is 0 Å². The summed E-state index contributed by atoms with van der Waals surface area (Å²) in [6.07, 6.45) is 0. The summed E-state index contributed by atoms with van der Waals surface area (Å²) in [5.41, 5.74) is 0.446. The van der Waals surface area contributed by atoms with Crippen molar-refractivity contribution < 1.29 is 18.0 Å². The lowest BCUT2D eigenvalue weighted by Crippen LogP contribution is -2.54. The molecule has 38 heavy (non-hydrogen) atoms. The molecule has 3 aromatic rings. The van der Waals surface area contributed by atoms with Crippen molar-refractivity contribution in [2.24, 2.45) is 0 Å². The van der Waals surface area contributed by atoms with Crippen LogP contribution >= 0.6 is 23.2 Å². The molecular weight excluding hydrogens is 545 g/mol. The summed E-state index contributed by atoms with van der Waals surface area (Å²) in [4.78, 5) is 28.3. The van der Waals surface area contributed by atoms with Gasteiger partial charge in [0.2, 0.25) is 11.8 Å². The standard InChI is InChI=1S/C28H31Cl2N3O4S/c1-20(27(35)31-28(2,3)4)32(18-21-11-7-5-8-12-21)26(34)19-33(22-15-16-24(29)25(30)17-22)38(36,37)23-13-9-6-10-14-23/h5-17,20H,18-19H2,1-4H3,(H,31,35). The van der Waals surface area contributed by atoms with Crippen molar-refractivity contribution in [1.82, 2.24) is 10.2 Å². The topological polar surface area (TPSA) is 86.8 Å². The predicted molar refractivity (Wildman–Crippen MR) is 152 cm³/mol. The van der Waals surface area contributed by atoms with Gasteiger partial charge in [0.15, 0.2) is 0 Å². The van der Waals surface area contributed by atoms with Gasteiger partial charge in [0.1, 0.15) is 12.6 Å². The molecule has 0 saturated heterocycles. The highest BCUT2D eigenvalue weighted by atomic mass is 35.5. The number of carbonyl (C=O) groups excluding carboxylic acids is 2. The lowest BCUT2D eigenvalue weighted by Gasteiger charge is -2.33. The summed E-state index contributed by atoms with van der Waals surface area (Å²) in [7, 11) is -4.18. The molecule has 7 nitrogen and oxygen atoms in total. The summed E-state index contributed by atoms with van der Waals surface area (Å²) in [5.74, 6) is -0.912. The molecule has 0 aliphatic carbocycles. The Hall–Kier alpha value is -3.07. The van der Waals surface area contributed by atoms with Gasteiger partial charge >= 0.3 is 0 Å². The molecular formula is C28H31Cl2N3O4S. The van der Waals surface area contributed by atoms with Gasteiger partial charge in [-0.2, -0.15) is 0 Å². The fraction of sp³-hybridized carbons (Fsp3) is 0.286. The summed E-state index contributed by atoms with van der Waals surface area (Å²) in [6.45, 7) is 6.71. The van der Waals surface area contributed by atoms with Gasteiger partial charge in [-0.1, -0.05) is 71.7 Å². The zero-order valence-electron chi connectivity index (χ0n) is 21.7. The van der Waals surface area contributed by atoms with Crippen molar-refractivity contribution in [3.8, 4) is 0 Å². The third-order valence-corrected chi connectivity index (χ3v) is 8.19. The third kappa shape index (κ3) is 7.49. The average molecular weight is 577 g/mol. The number of benzene rings is 3. The molecule has 0 aromatic heterocycles. The van der Waals surface area contributed by atoms with Crippen LogP contribution < -0.4 is 9.62 Å². The second-order valence-corrected chi connectivity index (χ2v) is 12.5. The number of carbonyl (C=O) groups is 2. The van der Waals surface area contributed by atoms with E-state index < -0.39 is 34.1 Å². The molecule has 0 fully saturated rings. The van der Waals surface area contributed by atoms with Gasteiger partial charge in [0, 0.05) is 12.1 Å². The van der Waals surface area contributed by atoms with E-state index >= 15 is 0 Å². The van der Waals surface area contributed by atoms with E-state index in [1.165, 1.54) is 35.2 Å². The summed E-state index contributed by atoms with van der Waals surface area (Å²) in [6, 6.07) is 20.5. The highest BCUT2D eigenvalue weighted by molar-refractivity contribution is 7.92. The number of halogens is 2. The Morgan fingerprint density at radius 2 is 1.47 bits per heavy atom. The van der Waals surface area contributed by atoms with Crippen LogP contribution in [0, 0.1) is 0 Å². The molecule has 0 radical (unpaired) electrons. The normalized spacial score (nSPS) is 12.5. The minimum absolute atomic E-state index is 0.00649. The SMILES string of the molecule is CC(C(=O)NC(C)(C)C)N(Cc1ccccc1)C(=O)CN(c1ccc(Cl)c(Cl)c1)S(=O)(=O)c1ccccc1. The number of rotatable bonds is 9. The minimum atomic E-state index is -4.18. The van der Waals surface area contributed by atoms with Crippen LogP contribution in [0.4, 0.5) is 5.69 Å². The Morgan fingerprint density at radius 1 is 0.895 bits per heavy atom. The van der Waals surface area contributed by atoms with Gasteiger partial charge in [-0.05, 0) is 63.6 Å². The minimum Gasteiger partial charge on any atom is -0.350 e. The first kappa shape index (κ1) is 29.5. The Bertz CT molecular complexity index is 1380. The number of nitrogens with one attached hydrogen (secondary N) is 1.